The fraction of sp³-hybridized carbons (Fsp3) is 0.214. The van der Waals surface area contributed by atoms with Gasteiger partial charge in [0.05, 0.1) is 23.1 Å². The molecular weight excluding hydrogens is 274 g/mol. The molecule has 1 aromatic carbocycles. The van der Waals surface area contributed by atoms with E-state index in [1.165, 1.54) is 0 Å². The lowest BCUT2D eigenvalue weighted by Gasteiger charge is -2.06. The fourth-order valence-electron chi connectivity index (χ4n) is 2.12. The summed E-state index contributed by atoms with van der Waals surface area (Å²) in [4.78, 5) is 6.38. The van der Waals surface area contributed by atoms with Gasteiger partial charge in [-0.15, -0.1) is 5.10 Å². The molecular formula is C14H14ClN5. The molecule has 2 heterocycles. The van der Waals surface area contributed by atoms with E-state index in [-0.39, 0.29) is 0 Å². The number of halogens is 1. The molecule has 0 amide bonds. The number of hydrogen-bond acceptors (Lipinski definition) is 4. The Kier molecular flexibility index (Phi) is 3.38. The van der Waals surface area contributed by atoms with E-state index in [0.717, 1.165) is 28.8 Å². The highest BCUT2D eigenvalue weighted by molar-refractivity contribution is 6.31. The zero-order valence-electron chi connectivity index (χ0n) is 11.3. The normalized spacial score (nSPS) is 11.4. The lowest BCUT2D eigenvalue weighted by atomic mass is 10.2. The van der Waals surface area contributed by atoms with Crippen LogP contribution in [0.4, 0.5) is 0 Å². The Morgan fingerprint density at radius 2 is 2.10 bits per heavy atom. The van der Waals surface area contributed by atoms with Gasteiger partial charge in [0, 0.05) is 23.2 Å². The third-order valence-corrected chi connectivity index (χ3v) is 3.18. The number of aromatic nitrogens is 4. The van der Waals surface area contributed by atoms with Gasteiger partial charge in [0.2, 0.25) is 0 Å². The highest BCUT2D eigenvalue weighted by atomic mass is 35.5. The lowest BCUT2D eigenvalue weighted by Crippen LogP contribution is -2.10. The van der Waals surface area contributed by atoms with Crippen molar-refractivity contribution in [3.05, 3.63) is 47.4 Å². The first-order valence-corrected chi connectivity index (χ1v) is 6.62. The SMILES string of the molecule is CN(C)Cc1cn(-c2ccnc3cc(Cl)ccc23)nn1. The van der Waals surface area contributed by atoms with Crippen molar-refractivity contribution in [3.8, 4) is 5.69 Å². The number of pyridine rings is 1. The average molecular weight is 288 g/mol. The van der Waals surface area contributed by atoms with E-state index in [9.17, 15) is 0 Å². The zero-order chi connectivity index (χ0) is 14.1. The van der Waals surface area contributed by atoms with Gasteiger partial charge in [-0.2, -0.15) is 0 Å². The van der Waals surface area contributed by atoms with Crippen LogP contribution in [0.2, 0.25) is 5.02 Å². The molecule has 0 unspecified atom stereocenters. The van der Waals surface area contributed by atoms with Gasteiger partial charge in [-0.25, -0.2) is 4.68 Å². The summed E-state index contributed by atoms with van der Waals surface area (Å²) in [7, 11) is 4.01. The summed E-state index contributed by atoms with van der Waals surface area (Å²) in [6.45, 7) is 0.759. The smallest absolute Gasteiger partial charge is 0.0971 e. The minimum atomic E-state index is 0.675. The van der Waals surface area contributed by atoms with Gasteiger partial charge in [-0.1, -0.05) is 16.8 Å². The van der Waals surface area contributed by atoms with Crippen molar-refractivity contribution in [2.75, 3.05) is 14.1 Å². The molecule has 0 saturated carbocycles. The minimum Gasteiger partial charge on any atom is -0.303 e. The van der Waals surface area contributed by atoms with Crippen LogP contribution in [0.25, 0.3) is 16.6 Å². The number of hydrogen-bond donors (Lipinski definition) is 0. The maximum absolute atomic E-state index is 6.00. The lowest BCUT2D eigenvalue weighted by molar-refractivity contribution is 0.396. The predicted molar refractivity (Wildman–Crippen MR) is 79.1 cm³/mol. The van der Waals surface area contributed by atoms with Crippen molar-refractivity contribution in [1.29, 1.82) is 0 Å². The molecule has 20 heavy (non-hydrogen) atoms. The van der Waals surface area contributed by atoms with E-state index in [2.05, 4.69) is 20.2 Å². The molecule has 0 N–H and O–H groups in total. The largest absolute Gasteiger partial charge is 0.303 e. The summed E-state index contributed by atoms with van der Waals surface area (Å²) in [5.41, 5.74) is 2.72. The number of nitrogens with zero attached hydrogens (tertiary/aromatic N) is 5. The topological polar surface area (TPSA) is 46.8 Å². The van der Waals surface area contributed by atoms with Gasteiger partial charge in [0.15, 0.2) is 0 Å². The Hall–Kier alpha value is -1.98. The Morgan fingerprint density at radius 3 is 2.90 bits per heavy atom. The summed E-state index contributed by atoms with van der Waals surface area (Å²) >= 11 is 6.00. The van der Waals surface area contributed by atoms with Gasteiger partial charge in [-0.05, 0) is 38.4 Å². The summed E-state index contributed by atoms with van der Waals surface area (Å²) in [6, 6.07) is 7.57. The third-order valence-electron chi connectivity index (χ3n) is 2.95. The monoisotopic (exact) mass is 287 g/mol. The Balaban J connectivity index is 2.07. The molecule has 3 rings (SSSR count). The van der Waals surface area contributed by atoms with Crippen LogP contribution in [0, 0.1) is 0 Å². The third kappa shape index (κ3) is 2.50. The van der Waals surface area contributed by atoms with E-state index >= 15 is 0 Å². The average Bonchev–Trinajstić information content (AvgIpc) is 2.85. The minimum absolute atomic E-state index is 0.675. The number of rotatable bonds is 3. The summed E-state index contributed by atoms with van der Waals surface area (Å²) in [5.74, 6) is 0. The molecule has 0 aliphatic heterocycles. The van der Waals surface area contributed by atoms with E-state index in [4.69, 9.17) is 11.6 Å². The maximum atomic E-state index is 6.00. The number of benzene rings is 1. The second-order valence-corrected chi connectivity index (χ2v) is 5.32. The van der Waals surface area contributed by atoms with Gasteiger partial charge >= 0.3 is 0 Å². The van der Waals surface area contributed by atoms with Crippen LogP contribution in [0.3, 0.4) is 0 Å². The highest BCUT2D eigenvalue weighted by Crippen LogP contribution is 2.23. The van der Waals surface area contributed by atoms with E-state index < -0.39 is 0 Å². The van der Waals surface area contributed by atoms with Crippen LogP contribution < -0.4 is 0 Å². The summed E-state index contributed by atoms with van der Waals surface area (Å²) < 4.78 is 1.77. The molecule has 0 radical (unpaired) electrons. The first-order valence-electron chi connectivity index (χ1n) is 6.24. The van der Waals surface area contributed by atoms with Crippen LogP contribution in [-0.4, -0.2) is 39.0 Å². The molecule has 0 bridgehead atoms. The van der Waals surface area contributed by atoms with Gasteiger partial charge in [-0.3, -0.25) is 4.98 Å². The second-order valence-electron chi connectivity index (χ2n) is 4.88. The van der Waals surface area contributed by atoms with Gasteiger partial charge < -0.3 is 4.90 Å². The molecule has 3 aromatic rings. The Labute approximate surface area is 121 Å². The highest BCUT2D eigenvalue weighted by Gasteiger charge is 2.08. The predicted octanol–water partition coefficient (Wildman–Crippen LogP) is 2.53. The molecule has 0 fully saturated rings. The van der Waals surface area contributed by atoms with Crippen LogP contribution in [-0.2, 0) is 6.54 Å². The molecule has 5 nitrogen and oxygen atoms in total. The Morgan fingerprint density at radius 1 is 1.25 bits per heavy atom. The molecule has 0 aliphatic rings. The number of fused-ring (bicyclic) bond motifs is 1. The Bertz CT molecular complexity index is 750. The van der Waals surface area contributed by atoms with Gasteiger partial charge in [0.25, 0.3) is 0 Å². The summed E-state index contributed by atoms with van der Waals surface area (Å²) in [6.07, 6.45) is 3.69. The van der Waals surface area contributed by atoms with Crippen molar-refractivity contribution in [1.82, 2.24) is 24.9 Å². The second kappa shape index (κ2) is 5.19. The molecule has 0 spiro atoms. The van der Waals surface area contributed by atoms with Crippen molar-refractivity contribution in [3.63, 3.8) is 0 Å². The zero-order valence-corrected chi connectivity index (χ0v) is 12.0. The van der Waals surface area contributed by atoms with Crippen LogP contribution >= 0.6 is 11.6 Å². The van der Waals surface area contributed by atoms with Crippen molar-refractivity contribution in [2.45, 2.75) is 6.54 Å². The molecule has 2 aromatic heterocycles. The van der Waals surface area contributed by atoms with Crippen molar-refractivity contribution in [2.24, 2.45) is 0 Å². The molecule has 0 aliphatic carbocycles. The molecule has 0 atom stereocenters. The molecule has 6 heteroatoms. The quantitative estimate of drug-likeness (QED) is 0.743. The fourth-order valence-corrected chi connectivity index (χ4v) is 2.28. The van der Waals surface area contributed by atoms with Crippen LogP contribution in [0.15, 0.2) is 36.7 Å². The van der Waals surface area contributed by atoms with Crippen LogP contribution in [0.5, 0.6) is 0 Å². The van der Waals surface area contributed by atoms with Gasteiger partial charge in [0.1, 0.15) is 0 Å². The van der Waals surface area contributed by atoms with E-state index in [1.807, 2.05) is 44.6 Å². The molecule has 102 valence electrons. The van der Waals surface area contributed by atoms with Crippen molar-refractivity contribution >= 4 is 22.5 Å². The van der Waals surface area contributed by atoms with E-state index in [0.29, 0.717) is 5.02 Å². The van der Waals surface area contributed by atoms with E-state index in [1.54, 1.807) is 10.9 Å². The van der Waals surface area contributed by atoms with Crippen molar-refractivity contribution < 1.29 is 0 Å². The molecule has 0 saturated heterocycles. The van der Waals surface area contributed by atoms with Crippen LogP contribution in [0.1, 0.15) is 5.69 Å². The first-order chi connectivity index (χ1) is 9.63. The standard InChI is InChI=1S/C14H14ClN5/c1-19(2)8-11-9-20(18-17-11)14-5-6-16-13-7-10(15)3-4-12(13)14/h3-7,9H,8H2,1-2H3. The maximum Gasteiger partial charge on any atom is 0.0971 e. The summed E-state index contributed by atoms with van der Waals surface area (Å²) in [5, 5.41) is 10.0. The first kappa shape index (κ1) is 13.0.